The van der Waals surface area contributed by atoms with E-state index in [0.29, 0.717) is 6.61 Å². The fraction of sp³-hybridized carbons (Fsp3) is 0.600. The number of likely N-dealkylation sites (tertiary alicyclic amines) is 1. The van der Waals surface area contributed by atoms with Crippen molar-refractivity contribution in [3.63, 3.8) is 0 Å². The zero-order valence-electron chi connectivity index (χ0n) is 9.00. The molecule has 0 aliphatic carbocycles. The summed E-state index contributed by atoms with van der Waals surface area (Å²) in [6.07, 6.45) is 0.667. The summed E-state index contributed by atoms with van der Waals surface area (Å²) in [6, 6.07) is 0. The number of hydrogen-bond donors (Lipinski definition) is 2. The van der Waals surface area contributed by atoms with Crippen LogP contribution in [0.2, 0.25) is 0 Å². The summed E-state index contributed by atoms with van der Waals surface area (Å²) in [5.74, 6) is -1.60. The monoisotopic (exact) mass is 229 g/mol. The fourth-order valence-corrected chi connectivity index (χ4v) is 1.56. The van der Waals surface area contributed by atoms with E-state index in [1.165, 1.54) is 4.90 Å². The molecule has 0 aromatic heterocycles. The van der Waals surface area contributed by atoms with Crippen molar-refractivity contribution in [2.24, 2.45) is 0 Å². The van der Waals surface area contributed by atoms with Gasteiger partial charge in [0, 0.05) is 31.8 Å². The number of carbonyl (C=O) groups excluding carboxylic acids is 1. The molecule has 90 valence electrons. The minimum atomic E-state index is -1.17. The van der Waals surface area contributed by atoms with Gasteiger partial charge in [-0.2, -0.15) is 0 Å². The number of carbonyl (C=O) groups is 2. The standard InChI is InChI=1S/C10H15NO5/c1-2-16-8-6-11(5-7(8)12)9(13)3-4-10(14)15/h3-4,7-8,12H,2,5-6H2,1H3,(H,14,15)/b4-3+/t7-,8-/m1/s1. The first-order chi connectivity index (χ1) is 7.54. The number of aliphatic hydroxyl groups is 1. The predicted octanol–water partition coefficient (Wildman–Crippen LogP) is -0.765. The minimum absolute atomic E-state index is 0.174. The van der Waals surface area contributed by atoms with Gasteiger partial charge in [-0.1, -0.05) is 0 Å². The zero-order valence-corrected chi connectivity index (χ0v) is 9.00. The Balaban J connectivity index is 2.51. The van der Waals surface area contributed by atoms with Crippen molar-refractivity contribution in [2.75, 3.05) is 19.7 Å². The molecule has 1 heterocycles. The summed E-state index contributed by atoms with van der Waals surface area (Å²) in [5.41, 5.74) is 0. The number of hydrogen-bond acceptors (Lipinski definition) is 4. The first kappa shape index (κ1) is 12.7. The Kier molecular flexibility index (Phi) is 4.45. The maximum absolute atomic E-state index is 11.5. The van der Waals surface area contributed by atoms with Crippen molar-refractivity contribution in [2.45, 2.75) is 19.1 Å². The highest BCUT2D eigenvalue weighted by atomic mass is 16.5. The van der Waals surface area contributed by atoms with Gasteiger partial charge < -0.3 is 19.8 Å². The Morgan fingerprint density at radius 1 is 1.44 bits per heavy atom. The third-order valence-corrected chi connectivity index (χ3v) is 2.30. The van der Waals surface area contributed by atoms with Gasteiger partial charge in [-0.25, -0.2) is 4.79 Å². The second-order valence-electron chi connectivity index (χ2n) is 3.48. The van der Waals surface area contributed by atoms with Crippen LogP contribution in [0.25, 0.3) is 0 Å². The molecule has 1 saturated heterocycles. The van der Waals surface area contributed by atoms with Crippen molar-refractivity contribution in [3.8, 4) is 0 Å². The molecule has 1 aliphatic rings. The Hall–Kier alpha value is -1.40. The molecule has 0 unspecified atom stereocenters. The quantitative estimate of drug-likeness (QED) is 0.618. The molecule has 2 atom stereocenters. The van der Waals surface area contributed by atoms with Crippen molar-refractivity contribution in [3.05, 3.63) is 12.2 Å². The molecule has 0 aromatic carbocycles. The second-order valence-corrected chi connectivity index (χ2v) is 3.48. The van der Waals surface area contributed by atoms with Gasteiger partial charge in [0.15, 0.2) is 0 Å². The number of rotatable bonds is 4. The molecule has 0 spiro atoms. The number of amides is 1. The van der Waals surface area contributed by atoms with Crippen LogP contribution in [-0.4, -0.2) is 58.9 Å². The molecular formula is C10H15NO5. The van der Waals surface area contributed by atoms with Crippen LogP contribution in [0.3, 0.4) is 0 Å². The first-order valence-corrected chi connectivity index (χ1v) is 5.04. The number of ether oxygens (including phenoxy) is 1. The average molecular weight is 229 g/mol. The Bertz CT molecular complexity index is 302. The molecule has 0 saturated carbocycles. The van der Waals surface area contributed by atoms with Crippen LogP contribution in [0.4, 0.5) is 0 Å². The predicted molar refractivity (Wildman–Crippen MR) is 54.8 cm³/mol. The number of carboxylic acids is 1. The lowest BCUT2D eigenvalue weighted by Gasteiger charge is -2.13. The Morgan fingerprint density at radius 2 is 2.12 bits per heavy atom. The van der Waals surface area contributed by atoms with E-state index in [2.05, 4.69) is 0 Å². The van der Waals surface area contributed by atoms with Crippen LogP contribution in [0.15, 0.2) is 12.2 Å². The van der Waals surface area contributed by atoms with Crippen LogP contribution in [-0.2, 0) is 14.3 Å². The van der Waals surface area contributed by atoms with Gasteiger partial charge in [-0.3, -0.25) is 4.79 Å². The van der Waals surface area contributed by atoms with Crippen LogP contribution in [0.5, 0.6) is 0 Å². The fourth-order valence-electron chi connectivity index (χ4n) is 1.56. The highest BCUT2D eigenvalue weighted by Gasteiger charge is 2.33. The van der Waals surface area contributed by atoms with E-state index >= 15 is 0 Å². The van der Waals surface area contributed by atoms with E-state index in [4.69, 9.17) is 9.84 Å². The maximum atomic E-state index is 11.5. The highest BCUT2D eigenvalue weighted by molar-refractivity contribution is 5.94. The SMILES string of the molecule is CCO[C@@H]1CN(C(=O)/C=C/C(=O)O)C[C@H]1O. The molecule has 1 amide bonds. The molecule has 2 N–H and O–H groups in total. The molecule has 1 fully saturated rings. The number of carboxylic acid groups (broad SMARTS) is 1. The first-order valence-electron chi connectivity index (χ1n) is 5.04. The Morgan fingerprint density at radius 3 is 2.69 bits per heavy atom. The second kappa shape index (κ2) is 5.62. The van der Waals surface area contributed by atoms with Crippen LogP contribution in [0, 0.1) is 0 Å². The third-order valence-electron chi connectivity index (χ3n) is 2.30. The van der Waals surface area contributed by atoms with E-state index in [-0.39, 0.29) is 19.2 Å². The molecule has 0 bridgehead atoms. The topological polar surface area (TPSA) is 87.1 Å². The van der Waals surface area contributed by atoms with Gasteiger partial charge in [-0.05, 0) is 6.92 Å². The minimum Gasteiger partial charge on any atom is -0.478 e. The van der Waals surface area contributed by atoms with Crippen LogP contribution >= 0.6 is 0 Å². The molecule has 1 aliphatic heterocycles. The normalized spacial score (nSPS) is 25.2. The highest BCUT2D eigenvalue weighted by Crippen LogP contribution is 2.13. The third kappa shape index (κ3) is 3.32. The smallest absolute Gasteiger partial charge is 0.328 e. The molecule has 6 nitrogen and oxygen atoms in total. The average Bonchev–Trinajstić information content (AvgIpc) is 2.57. The van der Waals surface area contributed by atoms with E-state index in [0.717, 1.165) is 12.2 Å². The molecular weight excluding hydrogens is 214 g/mol. The van der Waals surface area contributed by atoms with E-state index < -0.39 is 18.0 Å². The lowest BCUT2D eigenvalue weighted by molar-refractivity contribution is -0.132. The largest absolute Gasteiger partial charge is 0.478 e. The van der Waals surface area contributed by atoms with Crippen LogP contribution < -0.4 is 0 Å². The molecule has 6 heteroatoms. The summed E-state index contributed by atoms with van der Waals surface area (Å²) in [6.45, 7) is 2.74. The number of aliphatic carboxylic acids is 1. The van der Waals surface area contributed by atoms with Gasteiger partial charge in [0.2, 0.25) is 5.91 Å². The van der Waals surface area contributed by atoms with Gasteiger partial charge in [-0.15, -0.1) is 0 Å². The lowest BCUT2D eigenvalue weighted by atomic mass is 10.3. The summed E-state index contributed by atoms with van der Waals surface area (Å²) in [5, 5.41) is 17.9. The van der Waals surface area contributed by atoms with Crippen molar-refractivity contribution in [1.29, 1.82) is 0 Å². The summed E-state index contributed by atoms with van der Waals surface area (Å²) < 4.78 is 5.24. The summed E-state index contributed by atoms with van der Waals surface area (Å²) >= 11 is 0. The Labute approximate surface area is 93.1 Å². The molecule has 1 rings (SSSR count). The molecule has 0 radical (unpaired) electrons. The van der Waals surface area contributed by atoms with E-state index in [1.54, 1.807) is 0 Å². The van der Waals surface area contributed by atoms with Crippen molar-refractivity contribution >= 4 is 11.9 Å². The van der Waals surface area contributed by atoms with Crippen molar-refractivity contribution < 1.29 is 24.5 Å². The van der Waals surface area contributed by atoms with Gasteiger partial charge in [0.05, 0.1) is 6.10 Å². The molecule has 0 aromatic rings. The summed E-state index contributed by atoms with van der Waals surface area (Å²) in [4.78, 5) is 23.0. The van der Waals surface area contributed by atoms with E-state index in [1.807, 2.05) is 6.92 Å². The van der Waals surface area contributed by atoms with Gasteiger partial charge >= 0.3 is 5.97 Å². The maximum Gasteiger partial charge on any atom is 0.328 e. The van der Waals surface area contributed by atoms with Gasteiger partial charge in [0.25, 0.3) is 0 Å². The molecule has 16 heavy (non-hydrogen) atoms. The zero-order chi connectivity index (χ0) is 12.1. The number of nitrogens with zero attached hydrogens (tertiary/aromatic N) is 1. The van der Waals surface area contributed by atoms with E-state index in [9.17, 15) is 14.7 Å². The lowest BCUT2D eigenvalue weighted by Crippen LogP contribution is -2.28. The summed E-state index contributed by atoms with van der Waals surface area (Å²) in [7, 11) is 0. The number of β-amino-alcohol motifs (C(OH)–C–C–N with tert-alkyl or cyclic N) is 1. The van der Waals surface area contributed by atoms with Gasteiger partial charge in [0.1, 0.15) is 6.10 Å². The number of aliphatic hydroxyl groups excluding tert-OH is 1. The van der Waals surface area contributed by atoms with Crippen molar-refractivity contribution in [1.82, 2.24) is 4.90 Å². The van der Waals surface area contributed by atoms with Crippen LogP contribution in [0.1, 0.15) is 6.92 Å².